The van der Waals surface area contributed by atoms with Crippen molar-refractivity contribution < 1.29 is 28.6 Å². The molecule has 2 aromatic carbocycles. The van der Waals surface area contributed by atoms with Gasteiger partial charge < -0.3 is 19.5 Å². The summed E-state index contributed by atoms with van der Waals surface area (Å²) >= 11 is 6.03. The number of rotatable bonds is 9. The molecule has 0 atom stereocenters. The molecule has 0 fully saturated rings. The third kappa shape index (κ3) is 6.50. The number of hydrogen-bond donors (Lipinski definition) is 1. The summed E-state index contributed by atoms with van der Waals surface area (Å²) in [5, 5.41) is 3.12. The summed E-state index contributed by atoms with van der Waals surface area (Å²) < 4.78 is 15.4. The van der Waals surface area contributed by atoms with E-state index >= 15 is 0 Å². The molecule has 0 aliphatic rings. The van der Waals surface area contributed by atoms with Crippen molar-refractivity contribution >= 4 is 34.9 Å². The second kappa shape index (κ2) is 10.5. The molecule has 7 nitrogen and oxygen atoms in total. The van der Waals surface area contributed by atoms with Gasteiger partial charge in [0.15, 0.2) is 19.0 Å². The standard InChI is InChI=1S/C21H22ClNO6/c1-4-18(24)14-5-7-15(8-6-14)28-12-21(26)29-11-20(25)23-17-9-13(2)16(22)10-19(17)27-3/h5-10H,4,11-12H2,1-3H3,(H,23,25). The largest absolute Gasteiger partial charge is 0.495 e. The van der Waals surface area contributed by atoms with Gasteiger partial charge in [0.05, 0.1) is 12.8 Å². The molecule has 0 aliphatic heterocycles. The van der Waals surface area contributed by atoms with Crippen LogP contribution in [0.5, 0.6) is 11.5 Å². The van der Waals surface area contributed by atoms with Gasteiger partial charge in [-0.3, -0.25) is 9.59 Å². The van der Waals surface area contributed by atoms with Crippen LogP contribution in [0.25, 0.3) is 0 Å². The number of aryl methyl sites for hydroxylation is 1. The highest BCUT2D eigenvalue weighted by molar-refractivity contribution is 6.31. The van der Waals surface area contributed by atoms with Crippen LogP contribution in [-0.2, 0) is 14.3 Å². The van der Waals surface area contributed by atoms with Crippen molar-refractivity contribution in [1.29, 1.82) is 0 Å². The number of carbonyl (C=O) groups excluding carboxylic acids is 3. The van der Waals surface area contributed by atoms with Crippen LogP contribution in [0.2, 0.25) is 5.02 Å². The van der Waals surface area contributed by atoms with Crippen LogP contribution in [0, 0.1) is 6.92 Å². The number of Topliss-reactive ketones (excluding diaryl/α,β-unsaturated/α-hetero) is 1. The second-order valence-electron chi connectivity index (χ2n) is 6.10. The number of hydrogen-bond acceptors (Lipinski definition) is 6. The van der Waals surface area contributed by atoms with Gasteiger partial charge >= 0.3 is 5.97 Å². The first-order valence-corrected chi connectivity index (χ1v) is 9.27. The fourth-order valence-corrected chi connectivity index (χ4v) is 2.54. The minimum absolute atomic E-state index is 0.0227. The number of ketones is 1. The van der Waals surface area contributed by atoms with Crippen molar-refractivity contribution in [3.63, 3.8) is 0 Å². The summed E-state index contributed by atoms with van der Waals surface area (Å²) in [4.78, 5) is 35.4. The molecule has 0 aromatic heterocycles. The van der Waals surface area contributed by atoms with Crippen LogP contribution in [0.15, 0.2) is 36.4 Å². The average molecular weight is 420 g/mol. The summed E-state index contributed by atoms with van der Waals surface area (Å²) in [6.07, 6.45) is 0.413. The molecule has 2 rings (SSSR count). The van der Waals surface area contributed by atoms with E-state index in [2.05, 4.69) is 5.32 Å². The Kier molecular flexibility index (Phi) is 8.03. The number of esters is 1. The molecule has 154 valence electrons. The number of methoxy groups -OCH3 is 1. The zero-order valence-electron chi connectivity index (χ0n) is 16.4. The van der Waals surface area contributed by atoms with Crippen LogP contribution in [0.3, 0.4) is 0 Å². The molecule has 0 aliphatic carbocycles. The van der Waals surface area contributed by atoms with Crippen molar-refractivity contribution in [3.8, 4) is 11.5 Å². The third-order valence-electron chi connectivity index (χ3n) is 3.97. The maximum atomic E-state index is 12.0. The Morgan fingerprint density at radius 3 is 2.38 bits per heavy atom. The summed E-state index contributed by atoms with van der Waals surface area (Å²) in [5.74, 6) is -0.391. The molecule has 0 saturated carbocycles. The van der Waals surface area contributed by atoms with E-state index in [4.69, 9.17) is 25.8 Å². The van der Waals surface area contributed by atoms with Crippen molar-refractivity contribution in [3.05, 3.63) is 52.5 Å². The molecular weight excluding hydrogens is 398 g/mol. The number of carbonyl (C=O) groups is 3. The monoisotopic (exact) mass is 419 g/mol. The predicted molar refractivity (Wildman–Crippen MR) is 109 cm³/mol. The van der Waals surface area contributed by atoms with E-state index in [9.17, 15) is 14.4 Å². The zero-order valence-corrected chi connectivity index (χ0v) is 17.2. The highest BCUT2D eigenvalue weighted by Gasteiger charge is 2.13. The molecular formula is C21H22ClNO6. The first kappa shape index (κ1) is 22.2. The SMILES string of the molecule is CCC(=O)c1ccc(OCC(=O)OCC(=O)Nc2cc(C)c(Cl)cc2OC)cc1. The molecule has 29 heavy (non-hydrogen) atoms. The fraction of sp³-hybridized carbons (Fsp3) is 0.286. The lowest BCUT2D eigenvalue weighted by atomic mass is 10.1. The van der Waals surface area contributed by atoms with Crippen LogP contribution in [-0.4, -0.2) is 38.0 Å². The maximum Gasteiger partial charge on any atom is 0.344 e. The minimum Gasteiger partial charge on any atom is -0.495 e. The minimum atomic E-state index is -0.701. The summed E-state index contributed by atoms with van der Waals surface area (Å²) in [6, 6.07) is 9.70. The lowest BCUT2D eigenvalue weighted by Gasteiger charge is -2.12. The molecule has 1 amide bonds. The van der Waals surface area contributed by atoms with Gasteiger partial charge in [-0.15, -0.1) is 0 Å². The van der Waals surface area contributed by atoms with E-state index in [1.165, 1.54) is 7.11 Å². The Bertz CT molecular complexity index is 895. The first-order valence-electron chi connectivity index (χ1n) is 8.89. The van der Waals surface area contributed by atoms with Crippen LogP contribution >= 0.6 is 11.6 Å². The van der Waals surface area contributed by atoms with Gasteiger partial charge in [-0.1, -0.05) is 18.5 Å². The quantitative estimate of drug-likeness (QED) is 0.491. The smallest absolute Gasteiger partial charge is 0.344 e. The normalized spacial score (nSPS) is 10.2. The second-order valence-corrected chi connectivity index (χ2v) is 6.51. The van der Waals surface area contributed by atoms with Gasteiger partial charge in [-0.25, -0.2) is 4.79 Å². The molecule has 0 spiro atoms. The Morgan fingerprint density at radius 1 is 1.07 bits per heavy atom. The van der Waals surface area contributed by atoms with Gasteiger partial charge in [0.25, 0.3) is 5.91 Å². The summed E-state index contributed by atoms with van der Waals surface area (Å²) in [5.41, 5.74) is 1.76. The van der Waals surface area contributed by atoms with Gasteiger partial charge in [-0.2, -0.15) is 0 Å². The number of anilines is 1. The lowest BCUT2D eigenvalue weighted by molar-refractivity contribution is -0.149. The van der Waals surface area contributed by atoms with Gasteiger partial charge in [0, 0.05) is 23.1 Å². The Morgan fingerprint density at radius 2 is 1.76 bits per heavy atom. The van der Waals surface area contributed by atoms with E-state index in [-0.39, 0.29) is 12.4 Å². The zero-order chi connectivity index (χ0) is 21.4. The Hall–Kier alpha value is -3.06. The van der Waals surface area contributed by atoms with E-state index in [0.29, 0.717) is 34.2 Å². The van der Waals surface area contributed by atoms with Crippen LogP contribution in [0.4, 0.5) is 5.69 Å². The summed E-state index contributed by atoms with van der Waals surface area (Å²) in [6.45, 7) is 2.73. The van der Waals surface area contributed by atoms with E-state index < -0.39 is 18.5 Å². The number of ether oxygens (including phenoxy) is 3. The molecule has 1 N–H and O–H groups in total. The van der Waals surface area contributed by atoms with E-state index in [0.717, 1.165) is 5.56 Å². The Labute approximate surface area is 173 Å². The van der Waals surface area contributed by atoms with Crippen LogP contribution in [0.1, 0.15) is 29.3 Å². The number of halogens is 1. The van der Waals surface area contributed by atoms with Crippen molar-refractivity contribution in [2.75, 3.05) is 25.6 Å². The number of nitrogens with one attached hydrogen (secondary N) is 1. The van der Waals surface area contributed by atoms with Crippen molar-refractivity contribution in [1.82, 2.24) is 0 Å². The van der Waals surface area contributed by atoms with Gasteiger partial charge in [-0.05, 0) is 42.8 Å². The molecule has 0 heterocycles. The fourth-order valence-electron chi connectivity index (χ4n) is 2.39. The molecule has 0 saturated heterocycles. The highest BCUT2D eigenvalue weighted by atomic mass is 35.5. The van der Waals surface area contributed by atoms with Crippen LogP contribution < -0.4 is 14.8 Å². The molecule has 0 radical (unpaired) electrons. The summed E-state index contributed by atoms with van der Waals surface area (Å²) in [7, 11) is 1.46. The maximum absolute atomic E-state index is 12.0. The molecule has 2 aromatic rings. The van der Waals surface area contributed by atoms with Gasteiger partial charge in [0.1, 0.15) is 11.5 Å². The molecule has 0 bridgehead atoms. The van der Waals surface area contributed by atoms with E-state index in [1.54, 1.807) is 50.2 Å². The van der Waals surface area contributed by atoms with Crippen molar-refractivity contribution in [2.45, 2.75) is 20.3 Å². The average Bonchev–Trinajstić information content (AvgIpc) is 2.72. The number of amides is 1. The molecule has 8 heteroatoms. The third-order valence-corrected chi connectivity index (χ3v) is 4.38. The predicted octanol–water partition coefficient (Wildman–Crippen LogP) is 3.81. The molecule has 0 unspecified atom stereocenters. The van der Waals surface area contributed by atoms with Gasteiger partial charge in [0.2, 0.25) is 0 Å². The number of benzene rings is 2. The topological polar surface area (TPSA) is 90.9 Å². The first-order chi connectivity index (χ1) is 13.8. The van der Waals surface area contributed by atoms with E-state index in [1.807, 2.05) is 0 Å². The Balaban J connectivity index is 1.81. The highest BCUT2D eigenvalue weighted by Crippen LogP contribution is 2.30. The van der Waals surface area contributed by atoms with Crippen molar-refractivity contribution in [2.24, 2.45) is 0 Å². The lowest BCUT2D eigenvalue weighted by Crippen LogP contribution is -2.24.